The molecule has 1 aliphatic rings. The van der Waals surface area contributed by atoms with E-state index in [1.165, 1.54) is 7.11 Å². The van der Waals surface area contributed by atoms with Crippen molar-refractivity contribution >= 4 is 5.97 Å². The number of aryl methyl sites for hydroxylation is 1. The van der Waals surface area contributed by atoms with E-state index in [9.17, 15) is 4.79 Å². The molecule has 1 saturated heterocycles. The van der Waals surface area contributed by atoms with Crippen molar-refractivity contribution in [2.75, 3.05) is 26.7 Å². The van der Waals surface area contributed by atoms with Gasteiger partial charge in [0.25, 0.3) is 0 Å². The number of nitrogens with one attached hydrogen (secondary N) is 1. The smallest absolute Gasteiger partial charge is 0.374 e. The van der Waals surface area contributed by atoms with Gasteiger partial charge in [-0.05, 0) is 19.9 Å². The number of nitrogens with zero attached hydrogens (tertiary/aromatic N) is 1. The maximum atomic E-state index is 11.5. The van der Waals surface area contributed by atoms with Gasteiger partial charge in [0.15, 0.2) is 0 Å². The van der Waals surface area contributed by atoms with Crippen molar-refractivity contribution in [1.82, 2.24) is 10.2 Å². The molecule has 5 heteroatoms. The van der Waals surface area contributed by atoms with E-state index in [1.807, 2.05) is 13.0 Å². The summed E-state index contributed by atoms with van der Waals surface area (Å²) in [7, 11) is 1.36. The second-order valence-electron chi connectivity index (χ2n) is 4.74. The minimum absolute atomic E-state index is 0.315. The molecule has 1 fully saturated rings. The molecule has 1 atom stereocenters. The first kappa shape index (κ1) is 13.1. The second kappa shape index (κ2) is 5.54. The first-order valence-electron chi connectivity index (χ1n) is 6.24. The molecule has 1 aromatic rings. The van der Waals surface area contributed by atoms with Crippen LogP contribution in [0.15, 0.2) is 10.5 Å². The average molecular weight is 252 g/mol. The largest absolute Gasteiger partial charge is 0.463 e. The highest BCUT2D eigenvalue weighted by Gasteiger charge is 2.21. The molecular weight excluding hydrogens is 232 g/mol. The van der Waals surface area contributed by atoms with Gasteiger partial charge in [0.1, 0.15) is 5.76 Å². The van der Waals surface area contributed by atoms with Gasteiger partial charge in [-0.1, -0.05) is 0 Å². The Kier molecular flexibility index (Phi) is 4.04. The predicted molar refractivity (Wildman–Crippen MR) is 67.5 cm³/mol. The van der Waals surface area contributed by atoms with Gasteiger partial charge in [-0.25, -0.2) is 4.79 Å². The molecule has 0 saturated carbocycles. The maximum absolute atomic E-state index is 11.5. The number of hydrogen-bond donors (Lipinski definition) is 1. The quantitative estimate of drug-likeness (QED) is 0.818. The second-order valence-corrected chi connectivity index (χ2v) is 4.74. The maximum Gasteiger partial charge on any atom is 0.374 e. The highest BCUT2D eigenvalue weighted by molar-refractivity contribution is 5.87. The van der Waals surface area contributed by atoms with E-state index >= 15 is 0 Å². The fraction of sp³-hybridized carbons (Fsp3) is 0.615. The molecule has 1 N–H and O–H groups in total. The van der Waals surface area contributed by atoms with E-state index in [2.05, 4.69) is 21.9 Å². The molecule has 1 aliphatic heterocycles. The van der Waals surface area contributed by atoms with Crippen molar-refractivity contribution in [2.24, 2.45) is 0 Å². The van der Waals surface area contributed by atoms with Gasteiger partial charge in [0, 0.05) is 31.2 Å². The number of furan rings is 1. The zero-order chi connectivity index (χ0) is 13.1. The van der Waals surface area contributed by atoms with Crippen LogP contribution in [0.1, 0.15) is 28.8 Å². The third-order valence-electron chi connectivity index (χ3n) is 3.34. The van der Waals surface area contributed by atoms with Gasteiger partial charge in [0.05, 0.1) is 13.7 Å². The summed E-state index contributed by atoms with van der Waals surface area (Å²) in [5.74, 6) is 0.726. The molecule has 1 unspecified atom stereocenters. The number of ether oxygens (including phenoxy) is 1. The van der Waals surface area contributed by atoms with Gasteiger partial charge in [-0.2, -0.15) is 0 Å². The number of methoxy groups -OCH3 is 1. The van der Waals surface area contributed by atoms with Crippen LogP contribution in [0.2, 0.25) is 0 Å². The third-order valence-corrected chi connectivity index (χ3v) is 3.34. The van der Waals surface area contributed by atoms with E-state index in [-0.39, 0.29) is 0 Å². The Labute approximate surface area is 107 Å². The van der Waals surface area contributed by atoms with E-state index in [4.69, 9.17) is 4.42 Å². The SMILES string of the molecule is COC(=O)c1oc(CN2CCNCC2C)cc1C. The standard InChI is InChI=1S/C13H20N2O3/c1-9-6-11(18-12(9)13(16)17-3)8-15-5-4-14-7-10(15)2/h6,10,14H,4-5,7-8H2,1-3H3. The molecule has 0 radical (unpaired) electrons. The molecule has 18 heavy (non-hydrogen) atoms. The lowest BCUT2D eigenvalue weighted by Gasteiger charge is -2.33. The Balaban J connectivity index is 2.07. The topological polar surface area (TPSA) is 54.7 Å². The molecule has 5 nitrogen and oxygen atoms in total. The summed E-state index contributed by atoms with van der Waals surface area (Å²) in [4.78, 5) is 13.8. The third kappa shape index (κ3) is 2.73. The van der Waals surface area contributed by atoms with Gasteiger partial charge < -0.3 is 14.5 Å². The molecule has 0 aromatic carbocycles. The Morgan fingerprint density at radius 2 is 2.44 bits per heavy atom. The molecule has 0 spiro atoms. The van der Waals surface area contributed by atoms with Crippen molar-refractivity contribution in [3.05, 3.63) is 23.2 Å². The molecule has 0 amide bonds. The van der Waals surface area contributed by atoms with Crippen LogP contribution in [0.5, 0.6) is 0 Å². The normalized spacial score (nSPS) is 20.9. The van der Waals surface area contributed by atoms with Crippen molar-refractivity contribution < 1.29 is 13.9 Å². The van der Waals surface area contributed by atoms with Crippen LogP contribution in [0.25, 0.3) is 0 Å². The van der Waals surface area contributed by atoms with Crippen LogP contribution in [-0.4, -0.2) is 43.7 Å². The van der Waals surface area contributed by atoms with E-state index in [0.29, 0.717) is 11.8 Å². The van der Waals surface area contributed by atoms with Crippen LogP contribution in [0.4, 0.5) is 0 Å². The summed E-state index contributed by atoms with van der Waals surface area (Å²) >= 11 is 0. The molecular formula is C13H20N2O3. The zero-order valence-corrected chi connectivity index (χ0v) is 11.2. The lowest BCUT2D eigenvalue weighted by Crippen LogP contribution is -2.49. The Hall–Kier alpha value is -1.33. The molecule has 2 heterocycles. The van der Waals surface area contributed by atoms with Crippen molar-refractivity contribution in [3.63, 3.8) is 0 Å². The molecule has 0 bridgehead atoms. The Bertz CT molecular complexity index is 428. The average Bonchev–Trinajstić information content (AvgIpc) is 2.72. The van der Waals surface area contributed by atoms with Crippen LogP contribution < -0.4 is 5.32 Å². The minimum Gasteiger partial charge on any atom is -0.463 e. The van der Waals surface area contributed by atoms with Crippen LogP contribution in [0.3, 0.4) is 0 Å². The fourth-order valence-electron chi connectivity index (χ4n) is 2.24. The molecule has 2 rings (SSSR count). The van der Waals surface area contributed by atoms with E-state index < -0.39 is 5.97 Å². The van der Waals surface area contributed by atoms with Crippen molar-refractivity contribution in [1.29, 1.82) is 0 Å². The summed E-state index contributed by atoms with van der Waals surface area (Å²) in [6.07, 6.45) is 0. The van der Waals surface area contributed by atoms with Gasteiger partial charge in [0.2, 0.25) is 5.76 Å². The number of carbonyl (C=O) groups excluding carboxylic acids is 1. The molecule has 100 valence electrons. The molecule has 1 aromatic heterocycles. The number of esters is 1. The monoisotopic (exact) mass is 252 g/mol. The van der Waals surface area contributed by atoms with Gasteiger partial charge >= 0.3 is 5.97 Å². The number of piperazine rings is 1. The van der Waals surface area contributed by atoms with Crippen molar-refractivity contribution in [3.8, 4) is 0 Å². The van der Waals surface area contributed by atoms with E-state index in [1.54, 1.807) is 0 Å². The summed E-state index contributed by atoms with van der Waals surface area (Å²) in [5.41, 5.74) is 0.833. The lowest BCUT2D eigenvalue weighted by molar-refractivity contribution is 0.0558. The number of carbonyl (C=O) groups is 1. The first-order chi connectivity index (χ1) is 8.61. The fourth-order valence-corrected chi connectivity index (χ4v) is 2.24. The summed E-state index contributed by atoms with van der Waals surface area (Å²) in [6, 6.07) is 2.40. The first-order valence-corrected chi connectivity index (χ1v) is 6.24. The summed E-state index contributed by atoms with van der Waals surface area (Å²) < 4.78 is 10.3. The van der Waals surface area contributed by atoms with Crippen LogP contribution >= 0.6 is 0 Å². The lowest BCUT2D eigenvalue weighted by atomic mass is 10.2. The highest BCUT2D eigenvalue weighted by atomic mass is 16.5. The van der Waals surface area contributed by atoms with Crippen molar-refractivity contribution in [2.45, 2.75) is 26.4 Å². The summed E-state index contributed by atoms with van der Waals surface area (Å²) in [5, 5.41) is 3.35. The zero-order valence-electron chi connectivity index (χ0n) is 11.2. The number of rotatable bonds is 3. The Morgan fingerprint density at radius 3 is 3.11 bits per heavy atom. The Morgan fingerprint density at radius 1 is 1.67 bits per heavy atom. The number of hydrogen-bond acceptors (Lipinski definition) is 5. The van der Waals surface area contributed by atoms with Crippen LogP contribution in [0, 0.1) is 6.92 Å². The predicted octanol–water partition coefficient (Wildman–Crippen LogP) is 1.17. The molecule has 0 aliphatic carbocycles. The van der Waals surface area contributed by atoms with Crippen LogP contribution in [-0.2, 0) is 11.3 Å². The van der Waals surface area contributed by atoms with E-state index in [0.717, 1.165) is 37.5 Å². The van der Waals surface area contributed by atoms with Gasteiger partial charge in [-0.15, -0.1) is 0 Å². The van der Waals surface area contributed by atoms with Gasteiger partial charge in [-0.3, -0.25) is 4.90 Å². The minimum atomic E-state index is -0.410. The summed E-state index contributed by atoms with van der Waals surface area (Å²) in [6.45, 7) is 7.76. The highest BCUT2D eigenvalue weighted by Crippen LogP contribution is 2.18.